The van der Waals surface area contributed by atoms with E-state index in [1.165, 1.54) is 17.4 Å². The van der Waals surface area contributed by atoms with Crippen molar-refractivity contribution in [3.05, 3.63) is 69.3 Å². The van der Waals surface area contributed by atoms with Crippen LogP contribution in [0, 0.1) is 5.82 Å². The Morgan fingerprint density at radius 2 is 2.03 bits per heavy atom. The van der Waals surface area contributed by atoms with Crippen LogP contribution in [0.1, 0.15) is 33.6 Å². The van der Waals surface area contributed by atoms with E-state index >= 15 is 0 Å². The van der Waals surface area contributed by atoms with Gasteiger partial charge in [-0.3, -0.25) is 4.79 Å². The van der Waals surface area contributed by atoms with Gasteiger partial charge >= 0.3 is 0 Å². The minimum absolute atomic E-state index is 0.178. The molecule has 2 aromatic carbocycles. The summed E-state index contributed by atoms with van der Waals surface area (Å²) in [7, 11) is 1.54. The largest absolute Gasteiger partial charge is 0.381 e. The number of hydrogen-bond acceptors (Lipinski definition) is 4. The zero-order valence-electron chi connectivity index (χ0n) is 16.7. The van der Waals surface area contributed by atoms with Crippen LogP contribution in [0.5, 0.6) is 0 Å². The molecule has 1 saturated heterocycles. The standard InChI is InChI=1S/C23H23ClFNO3S/c1-28-13-17-20-18(25)6-3-7-19(20)30-21(17)22(27)26-14-23(8-10-29-11-9-23)15-4-2-5-16(24)12-15/h2-7,12H,8-11,13-14H2,1H3,(H,26,27). The van der Waals surface area contributed by atoms with Gasteiger partial charge in [-0.2, -0.15) is 0 Å². The van der Waals surface area contributed by atoms with Gasteiger partial charge in [0.15, 0.2) is 0 Å². The van der Waals surface area contributed by atoms with E-state index in [0.717, 1.165) is 23.1 Å². The Bertz CT molecular complexity index is 1060. The van der Waals surface area contributed by atoms with Crippen LogP contribution in [0.3, 0.4) is 0 Å². The van der Waals surface area contributed by atoms with E-state index in [4.69, 9.17) is 21.1 Å². The SMILES string of the molecule is COCc1c(C(=O)NCC2(c3cccc(Cl)c3)CCOCC2)sc2cccc(F)c12. The number of nitrogens with one attached hydrogen (secondary N) is 1. The molecule has 1 aromatic heterocycles. The number of carbonyl (C=O) groups excluding carboxylic acids is 1. The Morgan fingerprint density at radius 3 is 2.77 bits per heavy atom. The molecular weight excluding hydrogens is 425 g/mol. The number of methoxy groups -OCH3 is 1. The average molecular weight is 448 g/mol. The number of rotatable bonds is 6. The molecule has 0 bridgehead atoms. The van der Waals surface area contributed by atoms with Crippen molar-refractivity contribution in [3.63, 3.8) is 0 Å². The second-order valence-electron chi connectivity index (χ2n) is 7.54. The fourth-order valence-electron chi connectivity index (χ4n) is 4.11. The molecule has 1 aliphatic rings. The molecule has 1 fully saturated rings. The van der Waals surface area contributed by atoms with Gasteiger partial charge in [0.1, 0.15) is 5.82 Å². The number of ether oxygens (including phenoxy) is 2. The van der Waals surface area contributed by atoms with Gasteiger partial charge in [0.25, 0.3) is 5.91 Å². The Kier molecular flexibility index (Phi) is 6.39. The van der Waals surface area contributed by atoms with E-state index in [1.807, 2.05) is 24.3 Å². The summed E-state index contributed by atoms with van der Waals surface area (Å²) in [5.41, 5.74) is 1.44. The second-order valence-corrected chi connectivity index (χ2v) is 9.03. The lowest BCUT2D eigenvalue weighted by Gasteiger charge is -2.38. The molecule has 2 heterocycles. The van der Waals surface area contributed by atoms with Crippen LogP contribution in [0.25, 0.3) is 10.1 Å². The highest BCUT2D eigenvalue weighted by Gasteiger charge is 2.35. The Hall–Kier alpha value is -1.99. The monoisotopic (exact) mass is 447 g/mol. The van der Waals surface area contributed by atoms with Gasteiger partial charge in [0.2, 0.25) is 0 Å². The molecule has 0 spiro atoms. The molecule has 158 valence electrons. The quantitative estimate of drug-likeness (QED) is 0.556. The lowest BCUT2D eigenvalue weighted by atomic mass is 9.74. The maximum Gasteiger partial charge on any atom is 0.261 e. The Balaban J connectivity index is 1.63. The van der Waals surface area contributed by atoms with E-state index < -0.39 is 0 Å². The van der Waals surface area contributed by atoms with Crippen molar-refractivity contribution in [1.82, 2.24) is 5.32 Å². The number of hydrogen-bond donors (Lipinski definition) is 1. The third-order valence-electron chi connectivity index (χ3n) is 5.73. The smallest absolute Gasteiger partial charge is 0.261 e. The Morgan fingerprint density at radius 1 is 1.27 bits per heavy atom. The highest BCUT2D eigenvalue weighted by Crippen LogP contribution is 2.37. The molecule has 1 amide bonds. The molecule has 1 aliphatic heterocycles. The first-order valence-electron chi connectivity index (χ1n) is 9.85. The third kappa shape index (κ3) is 4.10. The van der Waals surface area contributed by atoms with Crippen molar-refractivity contribution in [3.8, 4) is 0 Å². The number of amides is 1. The first kappa shape index (κ1) is 21.2. The summed E-state index contributed by atoms with van der Waals surface area (Å²) in [6.45, 7) is 1.90. The lowest BCUT2D eigenvalue weighted by Crippen LogP contribution is -2.44. The fourth-order valence-corrected chi connectivity index (χ4v) is 5.44. The van der Waals surface area contributed by atoms with Crippen LogP contribution in [0.2, 0.25) is 5.02 Å². The molecule has 0 aliphatic carbocycles. The molecule has 1 N–H and O–H groups in total. The number of thiophene rings is 1. The normalized spacial score (nSPS) is 16.0. The predicted octanol–water partition coefficient (Wildman–Crippen LogP) is 5.32. The minimum atomic E-state index is -0.338. The van der Waals surface area contributed by atoms with Crippen molar-refractivity contribution in [2.24, 2.45) is 0 Å². The molecule has 0 unspecified atom stereocenters. The number of carbonyl (C=O) groups is 1. The van der Waals surface area contributed by atoms with Crippen LogP contribution in [0.15, 0.2) is 42.5 Å². The molecular formula is C23H23ClFNO3S. The van der Waals surface area contributed by atoms with Crippen molar-refractivity contribution in [2.75, 3.05) is 26.9 Å². The van der Waals surface area contributed by atoms with Gasteiger partial charge in [0.05, 0.1) is 11.5 Å². The van der Waals surface area contributed by atoms with Gasteiger partial charge in [-0.15, -0.1) is 11.3 Å². The summed E-state index contributed by atoms with van der Waals surface area (Å²) >= 11 is 7.53. The second kappa shape index (κ2) is 9.02. The van der Waals surface area contributed by atoms with Crippen molar-refractivity contribution in [1.29, 1.82) is 0 Å². The third-order valence-corrected chi connectivity index (χ3v) is 7.16. The van der Waals surface area contributed by atoms with Gasteiger partial charge in [0, 0.05) is 53.0 Å². The average Bonchev–Trinajstić information content (AvgIpc) is 3.13. The highest BCUT2D eigenvalue weighted by molar-refractivity contribution is 7.21. The highest BCUT2D eigenvalue weighted by atomic mass is 35.5. The van der Waals surface area contributed by atoms with E-state index in [2.05, 4.69) is 11.4 Å². The molecule has 7 heteroatoms. The summed E-state index contributed by atoms with van der Waals surface area (Å²) in [6.07, 6.45) is 1.58. The van der Waals surface area contributed by atoms with E-state index in [9.17, 15) is 9.18 Å². The minimum Gasteiger partial charge on any atom is -0.381 e. The molecule has 0 atom stereocenters. The van der Waals surface area contributed by atoms with Gasteiger partial charge < -0.3 is 14.8 Å². The van der Waals surface area contributed by atoms with Crippen LogP contribution >= 0.6 is 22.9 Å². The first-order valence-corrected chi connectivity index (χ1v) is 11.0. The van der Waals surface area contributed by atoms with E-state index in [0.29, 0.717) is 40.6 Å². The molecule has 30 heavy (non-hydrogen) atoms. The molecule has 3 aromatic rings. The van der Waals surface area contributed by atoms with E-state index in [-0.39, 0.29) is 23.7 Å². The van der Waals surface area contributed by atoms with E-state index in [1.54, 1.807) is 13.2 Å². The zero-order chi connectivity index (χ0) is 21.1. The van der Waals surface area contributed by atoms with Crippen molar-refractivity contribution in [2.45, 2.75) is 24.9 Å². The predicted molar refractivity (Wildman–Crippen MR) is 118 cm³/mol. The number of benzene rings is 2. The number of fused-ring (bicyclic) bond motifs is 1. The van der Waals surface area contributed by atoms with Crippen LogP contribution in [0.4, 0.5) is 4.39 Å². The molecule has 4 rings (SSSR count). The van der Waals surface area contributed by atoms with Gasteiger partial charge in [-0.25, -0.2) is 4.39 Å². The lowest BCUT2D eigenvalue weighted by molar-refractivity contribution is 0.0487. The van der Waals surface area contributed by atoms with Crippen LogP contribution in [-0.4, -0.2) is 32.8 Å². The summed E-state index contributed by atoms with van der Waals surface area (Å²) in [6, 6.07) is 12.7. The van der Waals surface area contributed by atoms with Crippen molar-refractivity contribution < 1.29 is 18.7 Å². The summed E-state index contributed by atoms with van der Waals surface area (Å²) in [5.74, 6) is -0.551. The molecule has 4 nitrogen and oxygen atoms in total. The van der Waals surface area contributed by atoms with Gasteiger partial charge in [-0.05, 0) is 42.7 Å². The fraction of sp³-hybridized carbons (Fsp3) is 0.348. The molecule has 0 saturated carbocycles. The van der Waals surface area contributed by atoms with Crippen LogP contribution < -0.4 is 5.32 Å². The molecule has 0 radical (unpaired) electrons. The topological polar surface area (TPSA) is 47.6 Å². The summed E-state index contributed by atoms with van der Waals surface area (Å²) < 4.78 is 26.0. The Labute approximate surface area is 183 Å². The zero-order valence-corrected chi connectivity index (χ0v) is 18.2. The van der Waals surface area contributed by atoms with Crippen LogP contribution in [-0.2, 0) is 21.5 Å². The number of halogens is 2. The van der Waals surface area contributed by atoms with Crippen molar-refractivity contribution >= 4 is 38.9 Å². The van der Waals surface area contributed by atoms with Gasteiger partial charge in [-0.1, -0.05) is 29.8 Å². The first-order chi connectivity index (χ1) is 14.5. The summed E-state index contributed by atoms with van der Waals surface area (Å²) in [4.78, 5) is 13.7. The maximum absolute atomic E-state index is 14.4. The summed E-state index contributed by atoms with van der Waals surface area (Å²) in [5, 5.41) is 4.24. The maximum atomic E-state index is 14.4.